The molecule has 0 radical (unpaired) electrons. The van der Waals surface area contributed by atoms with Crippen molar-refractivity contribution in [2.75, 3.05) is 23.9 Å². The molecule has 0 saturated carbocycles. The number of aromatic nitrogens is 2. The lowest BCUT2D eigenvalue weighted by atomic mass is 9.96. The number of benzene rings is 1. The van der Waals surface area contributed by atoms with Crippen LogP contribution in [0.4, 0.5) is 11.4 Å². The first kappa shape index (κ1) is 21.4. The van der Waals surface area contributed by atoms with Gasteiger partial charge < -0.3 is 19.7 Å². The standard InChI is InChI=1S/C25H31N5S/c1-16(2)29-17(3)15-21(18(29)4)24-23(22-9-7-8-14-26-22)27-25(31)30(24)20-12-10-19(11-13-20)28(5)6/h7-16,23-24H,1-6H3,(H,27,31)/t23-,24-/m1/s1. The minimum absolute atomic E-state index is 0.0197. The first-order valence-electron chi connectivity index (χ1n) is 10.8. The lowest BCUT2D eigenvalue weighted by Crippen LogP contribution is -2.29. The summed E-state index contributed by atoms with van der Waals surface area (Å²) in [6.45, 7) is 8.86. The van der Waals surface area contributed by atoms with Crippen LogP contribution < -0.4 is 15.1 Å². The zero-order chi connectivity index (χ0) is 22.3. The maximum atomic E-state index is 5.87. The van der Waals surface area contributed by atoms with Crippen LogP contribution in [0.25, 0.3) is 0 Å². The summed E-state index contributed by atoms with van der Waals surface area (Å²) in [5, 5.41) is 4.29. The number of hydrogen-bond acceptors (Lipinski definition) is 3. The van der Waals surface area contributed by atoms with Crippen LogP contribution in [0.2, 0.25) is 0 Å². The Bertz CT molecular complexity index is 1070. The van der Waals surface area contributed by atoms with E-state index < -0.39 is 0 Å². The number of thiocarbonyl (C=S) groups is 1. The first-order valence-corrected chi connectivity index (χ1v) is 11.2. The third-order valence-electron chi connectivity index (χ3n) is 6.10. The number of hydrogen-bond donors (Lipinski definition) is 1. The van der Waals surface area contributed by atoms with Crippen molar-refractivity contribution in [1.29, 1.82) is 0 Å². The molecule has 6 heteroatoms. The molecule has 31 heavy (non-hydrogen) atoms. The largest absolute Gasteiger partial charge is 0.378 e. The number of nitrogens with zero attached hydrogens (tertiary/aromatic N) is 4. The monoisotopic (exact) mass is 433 g/mol. The average molecular weight is 434 g/mol. The van der Waals surface area contributed by atoms with E-state index in [2.05, 4.69) is 103 Å². The zero-order valence-electron chi connectivity index (χ0n) is 19.1. The molecule has 0 unspecified atom stereocenters. The quantitative estimate of drug-likeness (QED) is 0.551. The van der Waals surface area contributed by atoms with Crippen molar-refractivity contribution in [1.82, 2.24) is 14.9 Å². The number of anilines is 2. The molecule has 3 heterocycles. The summed E-state index contributed by atoms with van der Waals surface area (Å²) in [6, 6.07) is 17.4. The molecule has 2 aromatic heterocycles. The fourth-order valence-electron chi connectivity index (χ4n) is 4.76. The van der Waals surface area contributed by atoms with Gasteiger partial charge in [-0.2, -0.15) is 0 Å². The van der Waals surface area contributed by atoms with Crippen molar-refractivity contribution >= 4 is 28.7 Å². The maximum Gasteiger partial charge on any atom is 0.174 e. The summed E-state index contributed by atoms with van der Waals surface area (Å²) in [7, 11) is 4.11. The third-order valence-corrected chi connectivity index (χ3v) is 6.42. The van der Waals surface area contributed by atoms with Crippen LogP contribution in [0.15, 0.2) is 54.7 Å². The second kappa shape index (κ2) is 8.35. The van der Waals surface area contributed by atoms with Crippen LogP contribution in [0.5, 0.6) is 0 Å². The Hall–Kier alpha value is -2.86. The lowest BCUT2D eigenvalue weighted by Gasteiger charge is -2.29. The molecule has 1 saturated heterocycles. The van der Waals surface area contributed by atoms with Gasteiger partial charge in [-0.05, 0) is 87.9 Å². The van der Waals surface area contributed by atoms with Crippen LogP contribution in [0, 0.1) is 13.8 Å². The van der Waals surface area contributed by atoms with Gasteiger partial charge in [-0.1, -0.05) is 6.07 Å². The van der Waals surface area contributed by atoms with E-state index in [4.69, 9.17) is 12.2 Å². The van der Waals surface area contributed by atoms with Gasteiger partial charge in [0.2, 0.25) is 0 Å². The van der Waals surface area contributed by atoms with Gasteiger partial charge in [-0.15, -0.1) is 0 Å². The third kappa shape index (κ3) is 3.81. The molecule has 1 aromatic carbocycles. The summed E-state index contributed by atoms with van der Waals surface area (Å²) < 4.78 is 2.40. The Kier molecular flexibility index (Phi) is 5.75. The van der Waals surface area contributed by atoms with E-state index in [1.807, 2.05) is 18.3 Å². The van der Waals surface area contributed by atoms with Crippen LogP contribution in [-0.2, 0) is 0 Å². The zero-order valence-corrected chi connectivity index (χ0v) is 19.9. The fourth-order valence-corrected chi connectivity index (χ4v) is 5.10. The molecule has 1 fully saturated rings. The molecule has 0 aliphatic carbocycles. The van der Waals surface area contributed by atoms with Crippen molar-refractivity contribution in [3.8, 4) is 0 Å². The van der Waals surface area contributed by atoms with Crippen molar-refractivity contribution in [3.05, 3.63) is 77.4 Å². The number of pyridine rings is 1. The predicted octanol–water partition coefficient (Wildman–Crippen LogP) is 5.32. The van der Waals surface area contributed by atoms with Gasteiger partial charge in [0.05, 0.1) is 17.8 Å². The Morgan fingerprint density at radius 2 is 1.77 bits per heavy atom. The van der Waals surface area contributed by atoms with Crippen molar-refractivity contribution in [2.45, 2.75) is 45.8 Å². The highest BCUT2D eigenvalue weighted by Gasteiger charge is 2.42. The van der Waals surface area contributed by atoms with Crippen molar-refractivity contribution in [3.63, 3.8) is 0 Å². The topological polar surface area (TPSA) is 36.3 Å². The number of nitrogens with one attached hydrogen (secondary N) is 1. The molecule has 1 N–H and O–H groups in total. The predicted molar refractivity (Wildman–Crippen MR) is 133 cm³/mol. The Balaban J connectivity index is 1.86. The van der Waals surface area contributed by atoms with Gasteiger partial charge in [0.25, 0.3) is 0 Å². The van der Waals surface area contributed by atoms with Crippen molar-refractivity contribution in [2.24, 2.45) is 0 Å². The van der Waals surface area contributed by atoms with Crippen LogP contribution >= 0.6 is 12.2 Å². The van der Waals surface area contributed by atoms with E-state index in [0.29, 0.717) is 6.04 Å². The second-order valence-electron chi connectivity index (χ2n) is 8.70. The molecule has 1 aliphatic rings. The molecular formula is C25H31N5S. The number of aryl methyl sites for hydroxylation is 1. The molecule has 0 amide bonds. The summed E-state index contributed by atoms with van der Waals surface area (Å²) in [5.74, 6) is 0. The highest BCUT2D eigenvalue weighted by molar-refractivity contribution is 7.80. The highest BCUT2D eigenvalue weighted by Crippen LogP contribution is 2.43. The van der Waals surface area contributed by atoms with Gasteiger partial charge >= 0.3 is 0 Å². The second-order valence-corrected chi connectivity index (χ2v) is 9.08. The summed E-state index contributed by atoms with van der Waals surface area (Å²) >= 11 is 5.87. The van der Waals surface area contributed by atoms with Gasteiger partial charge in [-0.25, -0.2) is 0 Å². The maximum absolute atomic E-state index is 5.87. The molecule has 3 aromatic rings. The Morgan fingerprint density at radius 3 is 2.32 bits per heavy atom. The first-order chi connectivity index (χ1) is 14.8. The smallest absolute Gasteiger partial charge is 0.174 e. The van der Waals surface area contributed by atoms with Crippen LogP contribution in [0.3, 0.4) is 0 Å². The molecule has 0 bridgehead atoms. The summed E-state index contributed by atoms with van der Waals surface area (Å²) in [5.41, 5.74) is 7.07. The molecule has 4 rings (SSSR count). The van der Waals surface area contributed by atoms with Crippen LogP contribution in [0.1, 0.15) is 54.6 Å². The van der Waals surface area contributed by atoms with E-state index in [0.717, 1.165) is 22.2 Å². The minimum Gasteiger partial charge on any atom is -0.378 e. The van der Waals surface area contributed by atoms with Gasteiger partial charge in [0, 0.05) is 49.1 Å². The van der Waals surface area contributed by atoms with E-state index in [1.54, 1.807) is 0 Å². The normalized spacial score (nSPS) is 18.5. The molecule has 5 nitrogen and oxygen atoms in total. The molecule has 2 atom stereocenters. The van der Waals surface area contributed by atoms with E-state index >= 15 is 0 Å². The minimum atomic E-state index is -0.0247. The van der Waals surface area contributed by atoms with Crippen molar-refractivity contribution < 1.29 is 0 Å². The molecule has 1 aliphatic heterocycles. The number of rotatable bonds is 5. The Morgan fingerprint density at radius 1 is 1.06 bits per heavy atom. The van der Waals surface area contributed by atoms with Gasteiger partial charge in [0.15, 0.2) is 5.11 Å². The van der Waals surface area contributed by atoms with Crippen LogP contribution in [-0.4, -0.2) is 28.8 Å². The SMILES string of the molecule is Cc1cc([C@@H]2[C@@H](c3ccccn3)NC(=S)N2c2ccc(N(C)C)cc2)c(C)n1C(C)C. The van der Waals surface area contributed by atoms with Gasteiger partial charge in [-0.3, -0.25) is 4.98 Å². The summed E-state index contributed by atoms with van der Waals surface area (Å²) in [6.07, 6.45) is 1.85. The molecular weight excluding hydrogens is 402 g/mol. The lowest BCUT2D eigenvalue weighted by molar-refractivity contribution is 0.547. The fraction of sp³-hybridized carbons (Fsp3) is 0.360. The summed E-state index contributed by atoms with van der Waals surface area (Å²) in [4.78, 5) is 9.02. The van der Waals surface area contributed by atoms with E-state index in [-0.39, 0.29) is 12.1 Å². The van der Waals surface area contributed by atoms with E-state index in [9.17, 15) is 0 Å². The molecule has 0 spiro atoms. The Labute approximate surface area is 190 Å². The van der Waals surface area contributed by atoms with Gasteiger partial charge in [0.1, 0.15) is 0 Å². The van der Waals surface area contributed by atoms with E-state index in [1.165, 1.54) is 17.0 Å². The molecule has 162 valence electrons. The average Bonchev–Trinajstić information content (AvgIpc) is 3.24. The highest BCUT2D eigenvalue weighted by atomic mass is 32.1.